The van der Waals surface area contributed by atoms with E-state index in [0.29, 0.717) is 12.1 Å². The summed E-state index contributed by atoms with van der Waals surface area (Å²) in [5.41, 5.74) is 7.06. The zero-order chi connectivity index (χ0) is 17.5. The van der Waals surface area contributed by atoms with Crippen LogP contribution in [0.15, 0.2) is 48.5 Å². The van der Waals surface area contributed by atoms with Crippen LogP contribution < -0.4 is 11.1 Å². The van der Waals surface area contributed by atoms with Crippen LogP contribution in [0.5, 0.6) is 5.75 Å². The second-order valence-corrected chi connectivity index (χ2v) is 5.99. The molecule has 0 heterocycles. The smallest absolute Gasteiger partial charge is 0.252 e. The van der Waals surface area contributed by atoms with Crippen molar-refractivity contribution < 1.29 is 15.0 Å². The van der Waals surface area contributed by atoms with Crippen molar-refractivity contribution in [3.05, 3.63) is 65.2 Å². The molecule has 2 atom stereocenters. The third kappa shape index (κ3) is 6.38. The average molecular weight is 365 g/mol. The van der Waals surface area contributed by atoms with Gasteiger partial charge in [0.25, 0.3) is 5.91 Å². The standard InChI is InChI=1S/C19H24N2O3.ClH/c1-13(7-8-14-5-3-2-4-6-14)21-12-18(23)15-9-10-17(22)16(11-15)19(20)24;/h2-6,9-11,13,18,21-23H,7-8,12H2,1H3,(H2,20,24);1H/t13-,18-;/m0./s1. The fraction of sp³-hybridized carbons (Fsp3) is 0.316. The van der Waals surface area contributed by atoms with E-state index in [1.165, 1.54) is 17.7 Å². The Balaban J connectivity index is 0.00000312. The molecule has 136 valence electrons. The van der Waals surface area contributed by atoms with Crippen LogP contribution in [0.25, 0.3) is 0 Å². The Morgan fingerprint density at radius 3 is 2.52 bits per heavy atom. The maximum Gasteiger partial charge on any atom is 0.252 e. The van der Waals surface area contributed by atoms with Gasteiger partial charge in [0.2, 0.25) is 0 Å². The summed E-state index contributed by atoms with van der Waals surface area (Å²) < 4.78 is 0. The number of nitrogens with two attached hydrogens (primary N) is 1. The first-order valence-electron chi connectivity index (χ1n) is 8.05. The molecule has 0 bridgehead atoms. The van der Waals surface area contributed by atoms with E-state index >= 15 is 0 Å². The van der Waals surface area contributed by atoms with Crippen molar-refractivity contribution in [3.63, 3.8) is 0 Å². The molecular formula is C19H25ClN2O3. The quantitative estimate of drug-likeness (QED) is 0.579. The molecule has 0 aliphatic heterocycles. The van der Waals surface area contributed by atoms with Crippen LogP contribution in [0.3, 0.4) is 0 Å². The number of primary amides is 1. The van der Waals surface area contributed by atoms with Crippen molar-refractivity contribution in [1.29, 1.82) is 0 Å². The third-order valence-electron chi connectivity index (χ3n) is 4.04. The molecule has 0 unspecified atom stereocenters. The Morgan fingerprint density at radius 1 is 1.20 bits per heavy atom. The number of hydrogen-bond donors (Lipinski definition) is 4. The van der Waals surface area contributed by atoms with E-state index in [4.69, 9.17) is 5.73 Å². The number of carbonyl (C=O) groups is 1. The lowest BCUT2D eigenvalue weighted by Crippen LogP contribution is -2.31. The minimum absolute atomic E-state index is 0. The molecule has 0 aliphatic carbocycles. The number of halogens is 1. The van der Waals surface area contributed by atoms with E-state index in [9.17, 15) is 15.0 Å². The van der Waals surface area contributed by atoms with Crippen molar-refractivity contribution in [2.24, 2.45) is 5.73 Å². The molecule has 0 saturated carbocycles. The van der Waals surface area contributed by atoms with Gasteiger partial charge in [0.05, 0.1) is 11.7 Å². The number of rotatable bonds is 8. The molecule has 2 rings (SSSR count). The van der Waals surface area contributed by atoms with Gasteiger partial charge in [-0.25, -0.2) is 0 Å². The van der Waals surface area contributed by atoms with Gasteiger partial charge in [-0.3, -0.25) is 4.79 Å². The van der Waals surface area contributed by atoms with Crippen molar-refractivity contribution in [1.82, 2.24) is 5.32 Å². The van der Waals surface area contributed by atoms with E-state index in [1.807, 2.05) is 18.2 Å². The third-order valence-corrected chi connectivity index (χ3v) is 4.04. The Morgan fingerprint density at radius 2 is 1.88 bits per heavy atom. The Labute approximate surface area is 154 Å². The van der Waals surface area contributed by atoms with E-state index in [0.717, 1.165) is 12.8 Å². The summed E-state index contributed by atoms with van der Waals surface area (Å²) in [6.45, 7) is 2.43. The van der Waals surface area contributed by atoms with Crippen molar-refractivity contribution in [2.45, 2.75) is 31.9 Å². The van der Waals surface area contributed by atoms with Crippen LogP contribution in [0.1, 0.15) is 40.9 Å². The van der Waals surface area contributed by atoms with Crippen molar-refractivity contribution in [3.8, 4) is 5.75 Å². The lowest BCUT2D eigenvalue weighted by atomic mass is 10.0. The lowest BCUT2D eigenvalue weighted by molar-refractivity contribution is 0.0997. The van der Waals surface area contributed by atoms with Gasteiger partial charge in [-0.15, -0.1) is 12.4 Å². The highest BCUT2D eigenvalue weighted by Gasteiger charge is 2.14. The number of hydrogen-bond acceptors (Lipinski definition) is 4. The second kappa shape index (κ2) is 10.0. The van der Waals surface area contributed by atoms with Gasteiger partial charge >= 0.3 is 0 Å². The molecule has 2 aromatic rings. The van der Waals surface area contributed by atoms with E-state index in [-0.39, 0.29) is 29.8 Å². The minimum atomic E-state index is -0.775. The molecule has 0 aromatic heterocycles. The summed E-state index contributed by atoms with van der Waals surface area (Å²) in [7, 11) is 0. The molecular weight excluding hydrogens is 340 g/mol. The zero-order valence-corrected chi connectivity index (χ0v) is 15.0. The van der Waals surface area contributed by atoms with Crippen LogP contribution in [-0.4, -0.2) is 28.7 Å². The Bertz CT molecular complexity index is 680. The lowest BCUT2D eigenvalue weighted by Gasteiger charge is -2.18. The normalized spacial score (nSPS) is 12.9. The number of amides is 1. The number of carbonyl (C=O) groups excluding carboxylic acids is 1. The van der Waals surface area contributed by atoms with E-state index < -0.39 is 12.0 Å². The average Bonchev–Trinajstić information content (AvgIpc) is 2.59. The topological polar surface area (TPSA) is 95.6 Å². The molecule has 0 fully saturated rings. The predicted octanol–water partition coefficient (Wildman–Crippen LogP) is 2.56. The maximum absolute atomic E-state index is 11.2. The second-order valence-electron chi connectivity index (χ2n) is 5.99. The van der Waals surface area contributed by atoms with Gasteiger partial charge in [0.1, 0.15) is 5.75 Å². The Hall–Kier alpha value is -2.08. The summed E-state index contributed by atoms with van der Waals surface area (Å²) >= 11 is 0. The SMILES string of the molecule is C[C@@H](CCc1ccccc1)NC[C@H](O)c1ccc(O)c(C(N)=O)c1.Cl. The largest absolute Gasteiger partial charge is 0.507 e. The fourth-order valence-corrected chi connectivity index (χ4v) is 2.52. The molecule has 0 aliphatic rings. The van der Waals surface area contributed by atoms with E-state index in [2.05, 4.69) is 24.4 Å². The van der Waals surface area contributed by atoms with Gasteiger partial charge in [-0.1, -0.05) is 36.4 Å². The maximum atomic E-state index is 11.2. The first-order valence-corrected chi connectivity index (χ1v) is 8.05. The van der Waals surface area contributed by atoms with Crippen LogP contribution in [0.2, 0.25) is 0 Å². The van der Waals surface area contributed by atoms with Gasteiger partial charge < -0.3 is 21.3 Å². The fourth-order valence-electron chi connectivity index (χ4n) is 2.52. The van der Waals surface area contributed by atoms with Crippen molar-refractivity contribution >= 4 is 18.3 Å². The molecule has 5 N–H and O–H groups in total. The van der Waals surface area contributed by atoms with Gasteiger partial charge in [-0.2, -0.15) is 0 Å². The molecule has 5 nitrogen and oxygen atoms in total. The predicted molar refractivity (Wildman–Crippen MR) is 101 cm³/mol. The molecule has 0 spiro atoms. The highest BCUT2D eigenvalue weighted by molar-refractivity contribution is 5.95. The van der Waals surface area contributed by atoms with Crippen LogP contribution in [-0.2, 0) is 6.42 Å². The molecule has 1 amide bonds. The summed E-state index contributed by atoms with van der Waals surface area (Å²) in [5, 5.41) is 23.1. The number of benzene rings is 2. The van der Waals surface area contributed by atoms with Crippen LogP contribution in [0, 0.1) is 0 Å². The Kier molecular flexibility index (Phi) is 8.41. The van der Waals surface area contributed by atoms with Gasteiger partial charge in [-0.05, 0) is 43.0 Å². The van der Waals surface area contributed by atoms with Crippen molar-refractivity contribution in [2.75, 3.05) is 6.54 Å². The van der Waals surface area contributed by atoms with Gasteiger partial charge in [0, 0.05) is 12.6 Å². The van der Waals surface area contributed by atoms with Crippen LogP contribution >= 0.6 is 12.4 Å². The number of aryl methyl sites for hydroxylation is 1. The number of aliphatic hydroxyl groups excluding tert-OH is 1. The molecule has 0 radical (unpaired) electrons. The first-order chi connectivity index (χ1) is 11.5. The molecule has 6 heteroatoms. The monoisotopic (exact) mass is 364 g/mol. The highest BCUT2D eigenvalue weighted by atomic mass is 35.5. The number of aliphatic hydroxyl groups is 1. The minimum Gasteiger partial charge on any atom is -0.507 e. The number of aromatic hydroxyl groups is 1. The first kappa shape index (κ1) is 21.0. The summed E-state index contributed by atoms with van der Waals surface area (Å²) in [4.78, 5) is 11.2. The molecule has 2 aromatic carbocycles. The number of nitrogens with one attached hydrogen (secondary N) is 1. The summed E-state index contributed by atoms with van der Waals surface area (Å²) in [6, 6.07) is 14.9. The van der Waals surface area contributed by atoms with E-state index in [1.54, 1.807) is 6.07 Å². The van der Waals surface area contributed by atoms with Gasteiger partial charge in [0.15, 0.2) is 0 Å². The summed E-state index contributed by atoms with van der Waals surface area (Å²) in [5.74, 6) is -0.895. The number of phenols is 1. The zero-order valence-electron chi connectivity index (χ0n) is 14.2. The van der Waals surface area contributed by atoms with Crippen LogP contribution in [0.4, 0.5) is 0 Å². The summed E-state index contributed by atoms with van der Waals surface area (Å²) in [6.07, 6.45) is 1.15. The molecule has 0 saturated heterocycles. The molecule has 25 heavy (non-hydrogen) atoms. The highest BCUT2D eigenvalue weighted by Crippen LogP contribution is 2.22.